The first kappa shape index (κ1) is 12.8. The fourth-order valence-corrected chi connectivity index (χ4v) is 2.27. The molecule has 2 N–H and O–H groups in total. The van der Waals surface area contributed by atoms with Crippen molar-refractivity contribution in [3.05, 3.63) is 36.2 Å². The van der Waals surface area contributed by atoms with Crippen molar-refractivity contribution in [2.24, 2.45) is 7.05 Å². The third kappa shape index (κ3) is 2.54. The summed E-state index contributed by atoms with van der Waals surface area (Å²) in [6.07, 6.45) is 8.22. The predicted octanol–water partition coefficient (Wildman–Crippen LogP) is 1.54. The standard InChI is InChI=1S/C14H18N4O2/c1-17-6-5-16-13(17)4-7-20-14(19)12-8-10(15)9-18(12)11-2-3-11/h5-6,8-9,11H,2-4,7,15H2,1H3. The molecule has 2 aromatic rings. The van der Waals surface area contributed by atoms with Crippen molar-refractivity contribution in [1.82, 2.24) is 14.1 Å². The van der Waals surface area contributed by atoms with E-state index in [0.717, 1.165) is 18.7 Å². The lowest BCUT2D eigenvalue weighted by atomic mass is 10.4. The fraction of sp³-hybridized carbons (Fsp3) is 0.429. The number of aromatic nitrogens is 3. The summed E-state index contributed by atoms with van der Waals surface area (Å²) in [5, 5.41) is 0. The van der Waals surface area contributed by atoms with Crippen LogP contribution in [0.2, 0.25) is 0 Å². The fourth-order valence-electron chi connectivity index (χ4n) is 2.27. The van der Waals surface area contributed by atoms with Gasteiger partial charge in [-0.2, -0.15) is 0 Å². The van der Waals surface area contributed by atoms with Crippen LogP contribution in [0.15, 0.2) is 24.7 Å². The Balaban J connectivity index is 1.60. The highest BCUT2D eigenvalue weighted by Crippen LogP contribution is 2.37. The Morgan fingerprint density at radius 1 is 1.55 bits per heavy atom. The Labute approximate surface area is 117 Å². The van der Waals surface area contributed by atoms with Crippen LogP contribution in [0.25, 0.3) is 0 Å². The molecule has 0 aromatic carbocycles. The summed E-state index contributed by atoms with van der Waals surface area (Å²) in [6.45, 7) is 0.319. The average molecular weight is 274 g/mol. The van der Waals surface area contributed by atoms with Crippen LogP contribution in [0.4, 0.5) is 5.69 Å². The second-order valence-corrected chi connectivity index (χ2v) is 5.14. The van der Waals surface area contributed by atoms with E-state index in [9.17, 15) is 4.79 Å². The summed E-state index contributed by atoms with van der Waals surface area (Å²) in [7, 11) is 1.92. The van der Waals surface area contributed by atoms with E-state index in [1.807, 2.05) is 28.6 Å². The zero-order valence-electron chi connectivity index (χ0n) is 11.5. The second kappa shape index (κ2) is 5.03. The summed E-state index contributed by atoms with van der Waals surface area (Å²) in [5.74, 6) is 0.581. The molecule has 1 fully saturated rings. The maximum absolute atomic E-state index is 12.1. The highest BCUT2D eigenvalue weighted by Gasteiger charge is 2.28. The third-order valence-corrected chi connectivity index (χ3v) is 3.50. The number of ether oxygens (including phenoxy) is 1. The van der Waals surface area contributed by atoms with Crippen molar-refractivity contribution >= 4 is 11.7 Å². The monoisotopic (exact) mass is 274 g/mol. The van der Waals surface area contributed by atoms with Gasteiger partial charge in [0.2, 0.25) is 0 Å². The van der Waals surface area contributed by atoms with Crippen molar-refractivity contribution in [3.63, 3.8) is 0 Å². The number of hydrogen-bond acceptors (Lipinski definition) is 4. The molecule has 0 aliphatic heterocycles. The molecule has 106 valence electrons. The first-order chi connectivity index (χ1) is 9.65. The summed E-state index contributed by atoms with van der Waals surface area (Å²) < 4.78 is 9.16. The molecule has 1 aliphatic carbocycles. The Morgan fingerprint density at radius 3 is 3.00 bits per heavy atom. The number of imidazole rings is 1. The maximum Gasteiger partial charge on any atom is 0.355 e. The minimum atomic E-state index is -0.317. The molecular weight excluding hydrogens is 256 g/mol. The number of carbonyl (C=O) groups is 1. The lowest BCUT2D eigenvalue weighted by molar-refractivity contribution is 0.0494. The summed E-state index contributed by atoms with van der Waals surface area (Å²) in [6, 6.07) is 2.09. The molecule has 1 saturated carbocycles. The number of anilines is 1. The largest absolute Gasteiger partial charge is 0.461 e. The molecule has 6 nitrogen and oxygen atoms in total. The zero-order valence-corrected chi connectivity index (χ0v) is 11.5. The molecule has 0 saturated heterocycles. The quantitative estimate of drug-likeness (QED) is 0.839. The van der Waals surface area contributed by atoms with Gasteiger partial charge in [0.05, 0.1) is 12.3 Å². The second-order valence-electron chi connectivity index (χ2n) is 5.14. The topological polar surface area (TPSA) is 75.1 Å². The van der Waals surface area contributed by atoms with Gasteiger partial charge in [-0.1, -0.05) is 0 Å². The zero-order chi connectivity index (χ0) is 14.1. The minimum absolute atomic E-state index is 0.317. The van der Waals surface area contributed by atoms with E-state index >= 15 is 0 Å². The van der Waals surface area contributed by atoms with E-state index in [-0.39, 0.29) is 5.97 Å². The van der Waals surface area contributed by atoms with Gasteiger partial charge in [-0.15, -0.1) is 0 Å². The van der Waals surface area contributed by atoms with Crippen molar-refractivity contribution in [1.29, 1.82) is 0 Å². The molecular formula is C14H18N4O2. The lowest BCUT2D eigenvalue weighted by Crippen LogP contribution is -2.13. The minimum Gasteiger partial charge on any atom is -0.461 e. The number of rotatable bonds is 5. The Hall–Kier alpha value is -2.24. The van der Waals surface area contributed by atoms with Gasteiger partial charge in [0, 0.05) is 38.1 Å². The van der Waals surface area contributed by atoms with Gasteiger partial charge >= 0.3 is 5.97 Å². The number of nitrogens with two attached hydrogens (primary N) is 1. The van der Waals surface area contributed by atoms with E-state index in [2.05, 4.69) is 4.98 Å². The number of aryl methyl sites for hydroxylation is 1. The number of hydrogen-bond donors (Lipinski definition) is 1. The van der Waals surface area contributed by atoms with E-state index in [1.165, 1.54) is 0 Å². The molecule has 0 radical (unpaired) electrons. The first-order valence-corrected chi connectivity index (χ1v) is 6.76. The van der Waals surface area contributed by atoms with E-state index in [1.54, 1.807) is 12.3 Å². The predicted molar refractivity (Wildman–Crippen MR) is 74.3 cm³/mol. The number of esters is 1. The van der Waals surface area contributed by atoms with E-state index < -0.39 is 0 Å². The average Bonchev–Trinajstić information content (AvgIpc) is 3.08. The first-order valence-electron chi connectivity index (χ1n) is 6.76. The van der Waals surface area contributed by atoms with Crippen molar-refractivity contribution in [3.8, 4) is 0 Å². The van der Waals surface area contributed by atoms with Gasteiger partial charge in [0.1, 0.15) is 11.5 Å². The van der Waals surface area contributed by atoms with Crippen molar-refractivity contribution < 1.29 is 9.53 Å². The Morgan fingerprint density at radius 2 is 2.35 bits per heavy atom. The molecule has 0 spiro atoms. The molecule has 0 bridgehead atoms. The number of nitrogen functional groups attached to an aromatic ring is 1. The van der Waals surface area contributed by atoms with Crippen LogP contribution in [-0.4, -0.2) is 26.7 Å². The van der Waals surface area contributed by atoms with Crippen LogP contribution >= 0.6 is 0 Å². The van der Waals surface area contributed by atoms with Gasteiger partial charge < -0.3 is 19.6 Å². The van der Waals surface area contributed by atoms with Crippen molar-refractivity contribution in [2.45, 2.75) is 25.3 Å². The molecule has 0 atom stereocenters. The van der Waals surface area contributed by atoms with Gasteiger partial charge in [-0.25, -0.2) is 9.78 Å². The summed E-state index contributed by atoms with van der Waals surface area (Å²) in [4.78, 5) is 16.3. The molecule has 3 rings (SSSR count). The molecule has 1 aliphatic rings. The number of nitrogens with zero attached hydrogens (tertiary/aromatic N) is 3. The third-order valence-electron chi connectivity index (χ3n) is 3.50. The molecule has 2 heterocycles. The normalized spacial score (nSPS) is 14.4. The van der Waals surface area contributed by atoms with E-state index in [0.29, 0.717) is 30.5 Å². The Kier molecular flexibility index (Phi) is 3.22. The number of carbonyl (C=O) groups excluding carboxylic acids is 1. The lowest BCUT2D eigenvalue weighted by Gasteiger charge is -2.08. The van der Waals surface area contributed by atoms with Gasteiger partial charge in [0.15, 0.2) is 0 Å². The van der Waals surface area contributed by atoms with Crippen LogP contribution in [-0.2, 0) is 18.2 Å². The van der Waals surface area contributed by atoms with Gasteiger partial charge in [0.25, 0.3) is 0 Å². The summed E-state index contributed by atoms with van der Waals surface area (Å²) >= 11 is 0. The molecule has 0 unspecified atom stereocenters. The van der Waals surface area contributed by atoms with Gasteiger partial charge in [-0.05, 0) is 18.9 Å². The highest BCUT2D eigenvalue weighted by atomic mass is 16.5. The van der Waals surface area contributed by atoms with Crippen LogP contribution in [0.1, 0.15) is 35.2 Å². The van der Waals surface area contributed by atoms with E-state index in [4.69, 9.17) is 10.5 Å². The van der Waals surface area contributed by atoms with Gasteiger partial charge in [-0.3, -0.25) is 0 Å². The van der Waals surface area contributed by atoms with Crippen LogP contribution < -0.4 is 5.73 Å². The maximum atomic E-state index is 12.1. The molecule has 0 amide bonds. The van der Waals surface area contributed by atoms with Crippen molar-refractivity contribution in [2.75, 3.05) is 12.3 Å². The molecule has 2 aromatic heterocycles. The Bertz CT molecular complexity index is 625. The smallest absolute Gasteiger partial charge is 0.355 e. The van der Waals surface area contributed by atoms with Crippen LogP contribution in [0.5, 0.6) is 0 Å². The molecule has 6 heteroatoms. The highest BCUT2D eigenvalue weighted by molar-refractivity contribution is 5.89. The molecule has 20 heavy (non-hydrogen) atoms. The SMILES string of the molecule is Cn1ccnc1CCOC(=O)c1cc(N)cn1C1CC1. The van der Waals surface area contributed by atoms with Crippen LogP contribution in [0.3, 0.4) is 0 Å². The summed E-state index contributed by atoms with van der Waals surface area (Å²) in [5.41, 5.74) is 6.92. The van der Waals surface area contributed by atoms with Crippen LogP contribution in [0, 0.1) is 0 Å².